The molecule has 18 heavy (non-hydrogen) atoms. The Morgan fingerprint density at radius 2 is 1.67 bits per heavy atom. The molecule has 0 spiro atoms. The van der Waals surface area contributed by atoms with Crippen LogP contribution in [-0.2, 0) is 10.0 Å². The third-order valence-corrected chi connectivity index (χ3v) is 4.20. The van der Waals surface area contributed by atoms with E-state index in [-0.39, 0.29) is 5.41 Å². The Kier molecular flexibility index (Phi) is 4.93. The molecule has 4 heteroatoms. The number of hydrogen-bond donors (Lipinski definition) is 1. The van der Waals surface area contributed by atoms with Crippen molar-refractivity contribution in [3.05, 3.63) is 29.8 Å². The predicted octanol–water partition coefficient (Wildman–Crippen LogP) is 3.10. The van der Waals surface area contributed by atoms with E-state index in [1.165, 1.54) is 0 Å². The summed E-state index contributed by atoms with van der Waals surface area (Å²) in [6.45, 7) is 8.89. The molecule has 0 bridgehead atoms. The molecule has 0 aliphatic carbocycles. The quantitative estimate of drug-likeness (QED) is 0.835. The van der Waals surface area contributed by atoms with Crippen LogP contribution in [0.1, 0.15) is 39.2 Å². The molecule has 0 saturated carbocycles. The van der Waals surface area contributed by atoms with Gasteiger partial charge < -0.3 is 0 Å². The van der Waals surface area contributed by atoms with Crippen LogP contribution in [0.5, 0.6) is 0 Å². The molecule has 0 radical (unpaired) electrons. The summed E-state index contributed by atoms with van der Waals surface area (Å²) in [7, 11) is -3.34. The van der Waals surface area contributed by atoms with Crippen LogP contribution in [0.4, 0.5) is 0 Å². The van der Waals surface area contributed by atoms with Crippen molar-refractivity contribution in [2.24, 2.45) is 5.41 Å². The van der Waals surface area contributed by atoms with Gasteiger partial charge in [-0.25, -0.2) is 13.1 Å². The molecule has 0 atom stereocenters. The molecule has 0 unspecified atom stereocenters. The molecule has 1 aromatic rings. The first kappa shape index (κ1) is 15.2. The lowest BCUT2D eigenvalue weighted by atomic mass is 9.91. The molecule has 0 heterocycles. The van der Waals surface area contributed by atoms with Gasteiger partial charge in [-0.3, -0.25) is 0 Å². The van der Waals surface area contributed by atoms with Gasteiger partial charge in [0, 0.05) is 6.54 Å². The lowest BCUT2D eigenvalue weighted by Gasteiger charge is -2.17. The molecule has 0 fully saturated rings. The SMILES string of the molecule is Cc1ccc(S(=O)(=O)NCCCC(C)(C)C)cc1. The van der Waals surface area contributed by atoms with E-state index in [0.29, 0.717) is 11.4 Å². The van der Waals surface area contributed by atoms with Crippen LogP contribution in [0.3, 0.4) is 0 Å². The number of rotatable bonds is 5. The smallest absolute Gasteiger partial charge is 0.211 e. The predicted molar refractivity (Wildman–Crippen MR) is 75.1 cm³/mol. The van der Waals surface area contributed by atoms with Gasteiger partial charge in [0.25, 0.3) is 0 Å². The van der Waals surface area contributed by atoms with E-state index in [4.69, 9.17) is 0 Å². The van der Waals surface area contributed by atoms with E-state index in [0.717, 1.165) is 18.4 Å². The van der Waals surface area contributed by atoms with Gasteiger partial charge in [-0.15, -0.1) is 0 Å². The van der Waals surface area contributed by atoms with Crippen molar-refractivity contribution < 1.29 is 8.42 Å². The number of nitrogens with one attached hydrogen (secondary N) is 1. The van der Waals surface area contributed by atoms with Gasteiger partial charge in [0.1, 0.15) is 0 Å². The fourth-order valence-electron chi connectivity index (χ4n) is 1.63. The van der Waals surface area contributed by atoms with Crippen molar-refractivity contribution in [1.29, 1.82) is 0 Å². The van der Waals surface area contributed by atoms with E-state index >= 15 is 0 Å². The topological polar surface area (TPSA) is 46.2 Å². The maximum absolute atomic E-state index is 12.0. The number of hydrogen-bond acceptors (Lipinski definition) is 2. The highest BCUT2D eigenvalue weighted by molar-refractivity contribution is 7.89. The molecule has 0 amide bonds. The summed E-state index contributed by atoms with van der Waals surface area (Å²) in [5.74, 6) is 0. The molecular formula is C14H23NO2S. The van der Waals surface area contributed by atoms with Gasteiger partial charge in [-0.05, 0) is 37.3 Å². The first-order chi connectivity index (χ1) is 8.21. The van der Waals surface area contributed by atoms with Gasteiger partial charge in [0.2, 0.25) is 10.0 Å². The molecule has 0 aromatic heterocycles. The Balaban J connectivity index is 2.53. The molecule has 1 N–H and O–H groups in total. The molecule has 102 valence electrons. The normalized spacial score (nSPS) is 12.7. The standard InChI is InChI=1S/C14H23NO2S/c1-12-6-8-13(9-7-12)18(16,17)15-11-5-10-14(2,3)4/h6-9,15H,5,10-11H2,1-4H3. The zero-order valence-electron chi connectivity index (χ0n) is 11.7. The van der Waals surface area contributed by atoms with Crippen LogP contribution >= 0.6 is 0 Å². The number of benzene rings is 1. The Bertz CT molecular complexity index is 470. The second kappa shape index (κ2) is 5.85. The Hall–Kier alpha value is -0.870. The summed E-state index contributed by atoms with van der Waals surface area (Å²) >= 11 is 0. The second-order valence-corrected chi connectivity index (χ2v) is 7.64. The Morgan fingerprint density at radius 3 is 2.17 bits per heavy atom. The molecular weight excluding hydrogens is 246 g/mol. The van der Waals surface area contributed by atoms with Gasteiger partial charge in [-0.1, -0.05) is 38.5 Å². The maximum Gasteiger partial charge on any atom is 0.240 e. The molecule has 3 nitrogen and oxygen atoms in total. The van der Waals surface area contributed by atoms with Crippen molar-refractivity contribution in [3.8, 4) is 0 Å². The molecule has 1 rings (SSSR count). The van der Waals surface area contributed by atoms with Crippen molar-refractivity contribution in [2.45, 2.75) is 45.4 Å². The van der Waals surface area contributed by atoms with Gasteiger partial charge in [0.15, 0.2) is 0 Å². The highest BCUT2D eigenvalue weighted by Gasteiger charge is 2.14. The van der Waals surface area contributed by atoms with Crippen LogP contribution < -0.4 is 4.72 Å². The minimum absolute atomic E-state index is 0.245. The van der Waals surface area contributed by atoms with Crippen LogP contribution in [0, 0.1) is 12.3 Å². The van der Waals surface area contributed by atoms with E-state index in [1.807, 2.05) is 19.1 Å². The Labute approximate surface area is 111 Å². The van der Waals surface area contributed by atoms with Gasteiger partial charge in [0.05, 0.1) is 4.90 Å². The minimum atomic E-state index is -3.34. The fraction of sp³-hybridized carbons (Fsp3) is 0.571. The lowest BCUT2D eigenvalue weighted by molar-refractivity contribution is 0.365. The molecule has 1 aromatic carbocycles. The first-order valence-corrected chi connectivity index (χ1v) is 7.75. The average Bonchev–Trinajstić information content (AvgIpc) is 2.24. The van der Waals surface area contributed by atoms with Crippen molar-refractivity contribution in [2.75, 3.05) is 6.54 Å². The second-order valence-electron chi connectivity index (χ2n) is 5.88. The molecule has 0 saturated heterocycles. The molecule has 0 aliphatic rings. The minimum Gasteiger partial charge on any atom is -0.211 e. The average molecular weight is 269 g/mol. The van der Waals surface area contributed by atoms with Crippen molar-refractivity contribution in [1.82, 2.24) is 4.72 Å². The summed E-state index contributed by atoms with van der Waals surface area (Å²) in [5, 5.41) is 0. The van der Waals surface area contributed by atoms with E-state index < -0.39 is 10.0 Å². The number of sulfonamides is 1. The summed E-state index contributed by atoms with van der Waals surface area (Å²) in [5.41, 5.74) is 1.30. The van der Waals surface area contributed by atoms with Crippen molar-refractivity contribution in [3.63, 3.8) is 0 Å². The zero-order valence-corrected chi connectivity index (χ0v) is 12.5. The van der Waals surface area contributed by atoms with Crippen LogP contribution in [0.2, 0.25) is 0 Å². The summed E-state index contributed by atoms with van der Waals surface area (Å²) in [4.78, 5) is 0.337. The monoisotopic (exact) mass is 269 g/mol. The van der Waals surface area contributed by atoms with E-state index in [2.05, 4.69) is 25.5 Å². The fourth-order valence-corrected chi connectivity index (χ4v) is 2.70. The Morgan fingerprint density at radius 1 is 1.11 bits per heavy atom. The van der Waals surface area contributed by atoms with Crippen LogP contribution in [0.25, 0.3) is 0 Å². The summed E-state index contributed by atoms with van der Waals surface area (Å²) in [6, 6.07) is 6.90. The maximum atomic E-state index is 12.0. The third kappa shape index (κ3) is 5.19. The van der Waals surface area contributed by atoms with Crippen LogP contribution in [-0.4, -0.2) is 15.0 Å². The number of aryl methyl sites for hydroxylation is 1. The lowest BCUT2D eigenvalue weighted by Crippen LogP contribution is -2.25. The van der Waals surface area contributed by atoms with Gasteiger partial charge >= 0.3 is 0 Å². The summed E-state index contributed by atoms with van der Waals surface area (Å²) in [6.07, 6.45) is 1.86. The van der Waals surface area contributed by atoms with Crippen LogP contribution in [0.15, 0.2) is 29.2 Å². The zero-order chi connectivity index (χ0) is 13.8. The van der Waals surface area contributed by atoms with E-state index in [1.54, 1.807) is 12.1 Å². The highest BCUT2D eigenvalue weighted by Crippen LogP contribution is 2.20. The largest absolute Gasteiger partial charge is 0.240 e. The molecule has 0 aliphatic heterocycles. The summed E-state index contributed by atoms with van der Waals surface area (Å²) < 4.78 is 26.6. The third-order valence-electron chi connectivity index (χ3n) is 2.73. The first-order valence-electron chi connectivity index (χ1n) is 6.27. The van der Waals surface area contributed by atoms with Gasteiger partial charge in [-0.2, -0.15) is 0 Å². The van der Waals surface area contributed by atoms with Crippen molar-refractivity contribution >= 4 is 10.0 Å². The van der Waals surface area contributed by atoms with E-state index in [9.17, 15) is 8.42 Å². The highest BCUT2D eigenvalue weighted by atomic mass is 32.2.